The van der Waals surface area contributed by atoms with E-state index in [4.69, 9.17) is 9.47 Å². The van der Waals surface area contributed by atoms with E-state index >= 15 is 0 Å². The van der Waals surface area contributed by atoms with Crippen molar-refractivity contribution in [2.75, 3.05) is 20.8 Å². The summed E-state index contributed by atoms with van der Waals surface area (Å²) in [4.78, 5) is 4.30. The van der Waals surface area contributed by atoms with Gasteiger partial charge >= 0.3 is 0 Å². The molecule has 1 saturated carbocycles. The second kappa shape index (κ2) is 9.13. The molecule has 0 heterocycles. The number of methoxy groups -OCH3 is 1. The Morgan fingerprint density at radius 3 is 2.12 bits per heavy atom. The summed E-state index contributed by atoms with van der Waals surface area (Å²) in [7, 11) is 3.46. The first-order valence-corrected chi connectivity index (χ1v) is 9.07. The first-order chi connectivity index (χ1) is 12.8. The van der Waals surface area contributed by atoms with Crippen molar-refractivity contribution in [3.63, 3.8) is 0 Å². The molecule has 0 saturated heterocycles. The Labute approximate surface area is 155 Å². The minimum Gasteiger partial charge on any atom is -0.496 e. The van der Waals surface area contributed by atoms with Crippen molar-refractivity contribution >= 4 is 5.96 Å². The highest BCUT2D eigenvalue weighted by Crippen LogP contribution is 2.30. The molecule has 5 heteroatoms. The highest BCUT2D eigenvalue weighted by Gasteiger charge is 2.22. The van der Waals surface area contributed by atoms with Gasteiger partial charge in [0.2, 0.25) is 0 Å². The zero-order valence-corrected chi connectivity index (χ0v) is 15.5. The predicted octanol–water partition coefficient (Wildman–Crippen LogP) is 3.35. The Hall–Kier alpha value is -2.69. The maximum atomic E-state index is 5.97. The van der Waals surface area contributed by atoms with E-state index in [2.05, 4.69) is 21.7 Å². The molecular formula is C21H27N3O2. The van der Waals surface area contributed by atoms with Crippen molar-refractivity contribution in [1.82, 2.24) is 10.6 Å². The van der Waals surface area contributed by atoms with E-state index in [1.54, 1.807) is 14.2 Å². The first kappa shape index (κ1) is 18.1. The third-order valence-corrected chi connectivity index (χ3v) is 4.45. The lowest BCUT2D eigenvalue weighted by molar-refractivity contribution is 0.296. The van der Waals surface area contributed by atoms with Crippen molar-refractivity contribution in [2.45, 2.75) is 25.9 Å². The van der Waals surface area contributed by atoms with Crippen LogP contribution in [0, 0.1) is 5.92 Å². The molecular weight excluding hydrogens is 326 g/mol. The van der Waals surface area contributed by atoms with Gasteiger partial charge < -0.3 is 20.1 Å². The summed E-state index contributed by atoms with van der Waals surface area (Å²) in [5.74, 6) is 3.31. The Bertz CT molecular complexity index is 742. The van der Waals surface area contributed by atoms with Crippen LogP contribution >= 0.6 is 0 Å². The average Bonchev–Trinajstić information content (AvgIpc) is 3.52. The maximum Gasteiger partial charge on any atom is 0.191 e. The molecule has 138 valence electrons. The van der Waals surface area contributed by atoms with Gasteiger partial charge in [-0.2, -0.15) is 0 Å². The maximum absolute atomic E-state index is 5.97. The molecule has 26 heavy (non-hydrogen) atoms. The van der Waals surface area contributed by atoms with Gasteiger partial charge in [0.05, 0.1) is 13.7 Å². The molecule has 3 rings (SSSR count). The largest absolute Gasteiger partial charge is 0.496 e. The molecule has 1 aliphatic rings. The van der Waals surface area contributed by atoms with Gasteiger partial charge in [-0.25, -0.2) is 0 Å². The van der Waals surface area contributed by atoms with Crippen molar-refractivity contribution in [3.05, 3.63) is 59.7 Å². The number of nitrogens with zero attached hydrogens (tertiary/aromatic N) is 1. The Kier molecular flexibility index (Phi) is 6.36. The molecule has 0 unspecified atom stereocenters. The van der Waals surface area contributed by atoms with Gasteiger partial charge in [0.15, 0.2) is 5.96 Å². The van der Waals surface area contributed by atoms with E-state index in [1.165, 1.54) is 12.8 Å². The van der Waals surface area contributed by atoms with E-state index in [9.17, 15) is 0 Å². The second-order valence-corrected chi connectivity index (χ2v) is 6.45. The summed E-state index contributed by atoms with van der Waals surface area (Å²) >= 11 is 0. The number of ether oxygens (including phenoxy) is 2. The zero-order chi connectivity index (χ0) is 18.2. The highest BCUT2D eigenvalue weighted by molar-refractivity contribution is 5.79. The van der Waals surface area contributed by atoms with Gasteiger partial charge in [-0.1, -0.05) is 36.4 Å². The van der Waals surface area contributed by atoms with Gasteiger partial charge in [0.1, 0.15) is 11.5 Å². The van der Waals surface area contributed by atoms with Crippen molar-refractivity contribution in [3.8, 4) is 11.5 Å². The fraction of sp³-hybridized carbons (Fsp3) is 0.381. The molecule has 1 aliphatic carbocycles. The lowest BCUT2D eigenvalue weighted by atomic mass is 10.2. The van der Waals surface area contributed by atoms with Crippen LogP contribution < -0.4 is 20.1 Å². The van der Waals surface area contributed by atoms with Gasteiger partial charge in [-0.05, 0) is 30.9 Å². The van der Waals surface area contributed by atoms with E-state index in [0.29, 0.717) is 13.1 Å². The van der Waals surface area contributed by atoms with Crippen molar-refractivity contribution < 1.29 is 9.47 Å². The van der Waals surface area contributed by atoms with E-state index in [1.807, 2.05) is 42.5 Å². The number of rotatable bonds is 8. The van der Waals surface area contributed by atoms with Gasteiger partial charge in [-0.15, -0.1) is 0 Å². The molecule has 0 radical (unpaired) electrons. The number of nitrogens with one attached hydrogen (secondary N) is 2. The van der Waals surface area contributed by atoms with E-state index in [0.717, 1.165) is 41.1 Å². The number of guanidine groups is 1. The first-order valence-electron chi connectivity index (χ1n) is 9.07. The van der Waals surface area contributed by atoms with E-state index < -0.39 is 0 Å². The van der Waals surface area contributed by atoms with Crippen LogP contribution in [-0.4, -0.2) is 26.7 Å². The zero-order valence-electron chi connectivity index (χ0n) is 15.5. The topological polar surface area (TPSA) is 54.9 Å². The molecule has 2 aromatic rings. The third kappa shape index (κ3) is 5.15. The summed E-state index contributed by atoms with van der Waals surface area (Å²) < 4.78 is 11.4. The number of para-hydroxylation sites is 2. The van der Waals surface area contributed by atoms with Crippen LogP contribution in [0.3, 0.4) is 0 Å². The molecule has 0 aromatic heterocycles. The van der Waals surface area contributed by atoms with Crippen LogP contribution in [0.1, 0.15) is 24.0 Å². The molecule has 0 atom stereocenters. The lowest BCUT2D eigenvalue weighted by Crippen LogP contribution is -2.36. The summed E-state index contributed by atoms with van der Waals surface area (Å²) in [6.07, 6.45) is 2.58. The highest BCUT2D eigenvalue weighted by atomic mass is 16.5. The third-order valence-electron chi connectivity index (χ3n) is 4.45. The van der Waals surface area contributed by atoms with Crippen LogP contribution in [0.2, 0.25) is 0 Å². The number of hydrogen-bond acceptors (Lipinski definition) is 3. The van der Waals surface area contributed by atoms with Crippen LogP contribution in [0.4, 0.5) is 0 Å². The number of hydrogen-bond donors (Lipinski definition) is 2. The quantitative estimate of drug-likeness (QED) is 0.564. The molecule has 0 aliphatic heterocycles. The normalized spacial score (nSPS) is 14.0. The molecule has 5 nitrogen and oxygen atoms in total. The fourth-order valence-electron chi connectivity index (χ4n) is 2.71. The predicted molar refractivity (Wildman–Crippen MR) is 105 cm³/mol. The van der Waals surface area contributed by atoms with Crippen LogP contribution in [0.25, 0.3) is 0 Å². The van der Waals surface area contributed by atoms with Crippen molar-refractivity contribution in [2.24, 2.45) is 10.9 Å². The SMILES string of the molecule is CN=C(NCc1ccccc1OC)NCc1ccccc1OCC1CC1. The summed E-state index contributed by atoms with van der Waals surface area (Å²) in [5, 5.41) is 6.68. The standard InChI is InChI=1S/C21H27N3O2/c1-22-21(23-13-17-7-3-5-9-19(17)25-2)24-14-18-8-4-6-10-20(18)26-15-16-11-12-16/h3-10,16H,11-15H2,1-2H3,(H2,22,23,24). The van der Waals surface area contributed by atoms with Crippen molar-refractivity contribution in [1.29, 1.82) is 0 Å². The molecule has 2 N–H and O–H groups in total. The summed E-state index contributed by atoms with van der Waals surface area (Å²) in [5.41, 5.74) is 2.22. The minimum absolute atomic E-state index is 0.642. The lowest BCUT2D eigenvalue weighted by Gasteiger charge is -2.15. The van der Waals surface area contributed by atoms with E-state index in [-0.39, 0.29) is 0 Å². The Balaban J connectivity index is 1.54. The summed E-state index contributed by atoms with van der Waals surface area (Å²) in [6, 6.07) is 16.1. The Morgan fingerprint density at radius 2 is 1.54 bits per heavy atom. The molecule has 1 fully saturated rings. The Morgan fingerprint density at radius 1 is 0.962 bits per heavy atom. The van der Waals surface area contributed by atoms with Gasteiger partial charge in [-0.3, -0.25) is 4.99 Å². The average molecular weight is 353 g/mol. The monoisotopic (exact) mass is 353 g/mol. The van der Waals surface area contributed by atoms with Crippen LogP contribution in [0.5, 0.6) is 11.5 Å². The van der Waals surface area contributed by atoms with Gasteiger partial charge in [0, 0.05) is 31.3 Å². The van der Waals surface area contributed by atoms with Crippen LogP contribution in [0.15, 0.2) is 53.5 Å². The fourth-order valence-corrected chi connectivity index (χ4v) is 2.71. The minimum atomic E-state index is 0.642. The number of benzene rings is 2. The molecule has 0 spiro atoms. The molecule has 0 amide bonds. The summed E-state index contributed by atoms with van der Waals surface area (Å²) in [6.45, 7) is 2.12. The smallest absolute Gasteiger partial charge is 0.191 e. The van der Waals surface area contributed by atoms with Crippen LogP contribution in [-0.2, 0) is 13.1 Å². The molecule has 2 aromatic carbocycles. The second-order valence-electron chi connectivity index (χ2n) is 6.45. The number of aliphatic imine (C=N–C) groups is 1. The van der Waals surface area contributed by atoms with Gasteiger partial charge in [0.25, 0.3) is 0 Å². The molecule has 0 bridgehead atoms.